The van der Waals surface area contributed by atoms with Crippen molar-refractivity contribution in [2.24, 2.45) is 5.73 Å². The quantitative estimate of drug-likeness (QED) is 0.720. The molecule has 21 heavy (non-hydrogen) atoms. The molecule has 4 nitrogen and oxygen atoms in total. The number of amides is 1. The Kier molecular flexibility index (Phi) is 7.32. The van der Waals surface area contributed by atoms with E-state index in [1.54, 1.807) is 0 Å². The first kappa shape index (κ1) is 17.6. The van der Waals surface area contributed by atoms with Crippen LogP contribution in [0.25, 0.3) is 0 Å². The number of nitrogens with two attached hydrogens (primary N) is 1. The van der Waals surface area contributed by atoms with Gasteiger partial charge in [-0.1, -0.05) is 56.4 Å². The largest absolute Gasteiger partial charge is 0.392 e. The first-order chi connectivity index (χ1) is 9.99. The van der Waals surface area contributed by atoms with Crippen LogP contribution in [0.3, 0.4) is 0 Å². The zero-order valence-corrected chi connectivity index (χ0v) is 13.8. The van der Waals surface area contributed by atoms with Crippen LogP contribution in [0.15, 0.2) is 30.3 Å². The van der Waals surface area contributed by atoms with Crippen molar-refractivity contribution in [1.29, 1.82) is 0 Å². The number of nitrogens with one attached hydrogen (secondary N) is 1. The molecule has 0 aliphatic carbocycles. The Morgan fingerprint density at radius 1 is 1.29 bits per heavy atom. The van der Waals surface area contributed by atoms with Crippen molar-refractivity contribution in [2.75, 3.05) is 19.6 Å². The second kappa shape index (κ2) is 8.74. The standard InChI is InChI=1S/C16H25N3OS/c1-4-19(5-2)11-12(3)18-16(20)14(15(17)21)13-9-7-6-8-10-13/h6-10,12,14H,4-5,11H2,1-3H3,(H2,17,21)(H,18,20). The van der Waals surface area contributed by atoms with Gasteiger partial charge in [-0.2, -0.15) is 0 Å². The van der Waals surface area contributed by atoms with Crippen LogP contribution in [0.1, 0.15) is 32.3 Å². The van der Waals surface area contributed by atoms with E-state index < -0.39 is 5.92 Å². The number of thiocarbonyl (C=S) groups is 1. The van der Waals surface area contributed by atoms with E-state index in [1.807, 2.05) is 37.3 Å². The van der Waals surface area contributed by atoms with Crippen LogP contribution in [-0.2, 0) is 4.79 Å². The fourth-order valence-corrected chi connectivity index (χ4v) is 2.57. The average Bonchev–Trinajstić information content (AvgIpc) is 2.45. The van der Waals surface area contributed by atoms with Crippen LogP contribution >= 0.6 is 12.2 Å². The Morgan fingerprint density at radius 2 is 1.86 bits per heavy atom. The number of carbonyl (C=O) groups is 1. The summed E-state index contributed by atoms with van der Waals surface area (Å²) in [6.45, 7) is 8.97. The zero-order valence-electron chi connectivity index (χ0n) is 13.0. The lowest BCUT2D eigenvalue weighted by atomic mass is 9.98. The minimum absolute atomic E-state index is 0.0537. The SMILES string of the molecule is CCN(CC)CC(C)NC(=O)C(C(N)=S)c1ccccc1. The van der Waals surface area contributed by atoms with Gasteiger partial charge < -0.3 is 16.0 Å². The minimum atomic E-state index is -0.569. The van der Waals surface area contributed by atoms with Crippen LogP contribution in [0.2, 0.25) is 0 Å². The normalized spacial score (nSPS) is 13.7. The summed E-state index contributed by atoms with van der Waals surface area (Å²) >= 11 is 5.07. The lowest BCUT2D eigenvalue weighted by Crippen LogP contribution is -2.45. The number of likely N-dealkylation sites (N-methyl/N-ethyl adjacent to an activating group) is 1. The second-order valence-corrected chi connectivity index (χ2v) is 5.61. The molecule has 0 fully saturated rings. The molecule has 0 aromatic heterocycles. The number of carbonyl (C=O) groups excluding carboxylic acids is 1. The first-order valence-corrected chi connectivity index (χ1v) is 7.77. The van der Waals surface area contributed by atoms with E-state index in [1.165, 1.54) is 0 Å². The van der Waals surface area contributed by atoms with E-state index >= 15 is 0 Å². The first-order valence-electron chi connectivity index (χ1n) is 7.36. The lowest BCUT2D eigenvalue weighted by molar-refractivity contribution is -0.121. The molecule has 0 saturated carbocycles. The smallest absolute Gasteiger partial charge is 0.234 e. The van der Waals surface area contributed by atoms with Gasteiger partial charge in [0.05, 0.1) is 4.99 Å². The van der Waals surface area contributed by atoms with Gasteiger partial charge in [-0.25, -0.2) is 0 Å². The van der Waals surface area contributed by atoms with Gasteiger partial charge in [0.15, 0.2) is 0 Å². The summed E-state index contributed by atoms with van der Waals surface area (Å²) in [4.78, 5) is 14.9. The molecule has 1 rings (SSSR count). The van der Waals surface area contributed by atoms with Gasteiger partial charge in [-0.05, 0) is 25.6 Å². The molecule has 0 heterocycles. The maximum atomic E-state index is 12.5. The third kappa shape index (κ3) is 5.44. The minimum Gasteiger partial charge on any atom is -0.392 e. The fraction of sp³-hybridized carbons (Fsp3) is 0.500. The van der Waals surface area contributed by atoms with Crippen molar-refractivity contribution in [3.05, 3.63) is 35.9 Å². The van der Waals surface area contributed by atoms with Crippen LogP contribution in [0.5, 0.6) is 0 Å². The van der Waals surface area contributed by atoms with Crippen molar-refractivity contribution < 1.29 is 4.79 Å². The summed E-state index contributed by atoms with van der Waals surface area (Å²) < 4.78 is 0. The molecule has 5 heteroatoms. The molecule has 2 atom stereocenters. The highest BCUT2D eigenvalue weighted by molar-refractivity contribution is 7.80. The molecule has 0 aliphatic rings. The van der Waals surface area contributed by atoms with Gasteiger partial charge in [0.2, 0.25) is 5.91 Å². The van der Waals surface area contributed by atoms with E-state index in [0.717, 1.165) is 25.2 Å². The van der Waals surface area contributed by atoms with Crippen LogP contribution in [0, 0.1) is 0 Å². The van der Waals surface area contributed by atoms with Gasteiger partial charge in [-0.3, -0.25) is 4.79 Å². The highest BCUT2D eigenvalue weighted by Gasteiger charge is 2.24. The molecule has 116 valence electrons. The number of nitrogens with zero attached hydrogens (tertiary/aromatic N) is 1. The maximum absolute atomic E-state index is 12.5. The van der Waals surface area contributed by atoms with Gasteiger partial charge in [0.1, 0.15) is 5.92 Å². The van der Waals surface area contributed by atoms with Crippen LogP contribution < -0.4 is 11.1 Å². The van der Waals surface area contributed by atoms with Gasteiger partial charge in [-0.15, -0.1) is 0 Å². The van der Waals surface area contributed by atoms with E-state index in [4.69, 9.17) is 18.0 Å². The van der Waals surface area contributed by atoms with Gasteiger partial charge in [0.25, 0.3) is 0 Å². The summed E-state index contributed by atoms with van der Waals surface area (Å²) in [6, 6.07) is 9.47. The summed E-state index contributed by atoms with van der Waals surface area (Å²) in [7, 11) is 0. The molecule has 1 aromatic carbocycles. The third-order valence-corrected chi connectivity index (χ3v) is 3.73. The maximum Gasteiger partial charge on any atom is 0.234 e. The highest BCUT2D eigenvalue weighted by atomic mass is 32.1. The van der Waals surface area contributed by atoms with E-state index in [0.29, 0.717) is 0 Å². The molecular weight excluding hydrogens is 282 g/mol. The van der Waals surface area contributed by atoms with E-state index in [2.05, 4.69) is 24.1 Å². The Bertz CT molecular complexity index is 460. The number of hydrogen-bond acceptors (Lipinski definition) is 3. The Balaban J connectivity index is 2.73. The van der Waals surface area contributed by atoms with Crippen molar-refractivity contribution in [1.82, 2.24) is 10.2 Å². The predicted octanol–water partition coefficient (Wildman–Crippen LogP) is 1.90. The molecule has 0 saturated heterocycles. The molecule has 0 radical (unpaired) electrons. The highest BCUT2D eigenvalue weighted by Crippen LogP contribution is 2.16. The number of benzene rings is 1. The third-order valence-electron chi connectivity index (χ3n) is 3.49. The fourth-order valence-electron chi connectivity index (χ4n) is 2.33. The van der Waals surface area contributed by atoms with Gasteiger partial charge >= 0.3 is 0 Å². The summed E-state index contributed by atoms with van der Waals surface area (Å²) in [5.41, 5.74) is 6.59. The van der Waals surface area contributed by atoms with Gasteiger partial charge in [0, 0.05) is 12.6 Å². The Morgan fingerprint density at radius 3 is 2.33 bits per heavy atom. The van der Waals surface area contributed by atoms with Crippen LogP contribution in [0.4, 0.5) is 0 Å². The second-order valence-electron chi connectivity index (χ2n) is 5.14. The van der Waals surface area contributed by atoms with Crippen LogP contribution in [-0.4, -0.2) is 41.5 Å². The molecule has 1 amide bonds. The Hall–Kier alpha value is -1.46. The topological polar surface area (TPSA) is 58.4 Å². The van der Waals surface area contributed by atoms with Crippen molar-refractivity contribution in [3.8, 4) is 0 Å². The number of rotatable bonds is 8. The average molecular weight is 307 g/mol. The van der Waals surface area contributed by atoms with E-state index in [-0.39, 0.29) is 16.9 Å². The Labute approximate surface area is 132 Å². The monoisotopic (exact) mass is 307 g/mol. The molecule has 0 aliphatic heterocycles. The molecule has 0 bridgehead atoms. The summed E-state index contributed by atoms with van der Waals surface area (Å²) in [5, 5.41) is 3.01. The molecule has 3 N–H and O–H groups in total. The zero-order chi connectivity index (χ0) is 15.8. The van der Waals surface area contributed by atoms with Crippen molar-refractivity contribution in [2.45, 2.75) is 32.7 Å². The summed E-state index contributed by atoms with van der Waals surface area (Å²) in [5.74, 6) is -0.700. The molecule has 0 spiro atoms. The predicted molar refractivity (Wildman–Crippen MR) is 91.4 cm³/mol. The molecular formula is C16H25N3OS. The lowest BCUT2D eigenvalue weighted by Gasteiger charge is -2.25. The molecule has 1 aromatic rings. The summed E-state index contributed by atoms with van der Waals surface area (Å²) in [6.07, 6.45) is 0. The van der Waals surface area contributed by atoms with Crippen molar-refractivity contribution >= 4 is 23.1 Å². The van der Waals surface area contributed by atoms with Crippen molar-refractivity contribution in [3.63, 3.8) is 0 Å². The van der Waals surface area contributed by atoms with E-state index in [9.17, 15) is 4.79 Å². The molecule has 2 unspecified atom stereocenters. The number of hydrogen-bond donors (Lipinski definition) is 2.